The minimum Gasteiger partial charge on any atom is -0.479 e. The molecular formula is C23H30N5O9S+. The minimum absolute atomic E-state index is 0.0211. The predicted octanol–water partition coefficient (Wildman–Crippen LogP) is -2.43. The van der Waals surface area contributed by atoms with Crippen molar-refractivity contribution >= 4 is 29.5 Å². The summed E-state index contributed by atoms with van der Waals surface area (Å²) in [6.07, 6.45) is 2.15. The highest BCUT2D eigenvalue weighted by molar-refractivity contribution is 8.03. The summed E-state index contributed by atoms with van der Waals surface area (Å²) in [7, 11) is 0. The normalized spacial score (nSPS) is 32.9. The first-order chi connectivity index (χ1) is 18.0. The lowest BCUT2D eigenvalue weighted by atomic mass is 9.79. The zero-order chi connectivity index (χ0) is 27.5. The van der Waals surface area contributed by atoms with E-state index in [1.165, 1.54) is 15.9 Å². The van der Waals surface area contributed by atoms with Gasteiger partial charge in [-0.2, -0.15) is 9.36 Å². The molecule has 5 aliphatic rings. The fourth-order valence-corrected chi connectivity index (χ4v) is 7.26. The van der Waals surface area contributed by atoms with Crippen LogP contribution in [0.5, 0.6) is 0 Å². The van der Waals surface area contributed by atoms with Gasteiger partial charge in [0.25, 0.3) is 0 Å². The van der Waals surface area contributed by atoms with Gasteiger partial charge in [-0.15, -0.1) is 11.8 Å². The molecule has 3 saturated heterocycles. The lowest BCUT2D eigenvalue weighted by Gasteiger charge is -2.47. The van der Waals surface area contributed by atoms with E-state index >= 15 is 0 Å². The summed E-state index contributed by atoms with van der Waals surface area (Å²) in [6, 6.07) is -1.25. The molecule has 206 valence electrons. The number of hydrogen-bond donors (Lipinski definition) is 5. The Morgan fingerprint density at radius 2 is 2.08 bits per heavy atom. The van der Waals surface area contributed by atoms with E-state index in [4.69, 9.17) is 14.9 Å². The summed E-state index contributed by atoms with van der Waals surface area (Å²) in [5, 5.41) is 47.3. The zero-order valence-corrected chi connectivity index (χ0v) is 21.5. The molecule has 2 amide bonds. The Morgan fingerprint density at radius 3 is 2.66 bits per heavy atom. The van der Waals surface area contributed by atoms with Crippen molar-refractivity contribution < 1.29 is 49.3 Å². The molecule has 0 aliphatic carbocycles. The molecule has 6 heterocycles. The van der Waals surface area contributed by atoms with Crippen LogP contribution in [0.4, 0.5) is 0 Å². The van der Waals surface area contributed by atoms with E-state index in [2.05, 4.69) is 4.98 Å². The summed E-state index contributed by atoms with van der Waals surface area (Å²) in [4.78, 5) is 41.8. The van der Waals surface area contributed by atoms with Crippen LogP contribution in [0.15, 0.2) is 35.1 Å². The van der Waals surface area contributed by atoms with Gasteiger partial charge < -0.3 is 35.2 Å². The topological polar surface area (TPSA) is 190 Å². The molecule has 6 rings (SSSR count). The molecule has 6 atom stereocenters. The average molecular weight is 553 g/mol. The molecule has 38 heavy (non-hydrogen) atoms. The SMILES string of the molecule is CC(O)[C@H]1C(=O)N2C(C(O)O)=C(SC3Cn4cnc[n+]4C3)[C@H](C)[C@H]12.O=C(O)C1C(=CCO)OC2CC(=O)N21. The third kappa shape index (κ3) is 4.18. The number of thioether (sulfide) groups is 1. The maximum absolute atomic E-state index is 12.3. The smallest absolute Gasteiger partial charge is 0.334 e. The molecular weight excluding hydrogens is 522 g/mol. The molecule has 5 aliphatic heterocycles. The molecule has 1 aromatic heterocycles. The zero-order valence-electron chi connectivity index (χ0n) is 20.7. The number of ether oxygens (including phenoxy) is 1. The molecule has 14 nitrogen and oxygen atoms in total. The number of rotatable bonds is 6. The summed E-state index contributed by atoms with van der Waals surface area (Å²) in [5.74, 6) is -1.94. The van der Waals surface area contributed by atoms with Crippen molar-refractivity contribution in [1.82, 2.24) is 19.5 Å². The van der Waals surface area contributed by atoms with E-state index < -0.39 is 36.6 Å². The summed E-state index contributed by atoms with van der Waals surface area (Å²) in [5.41, 5.74) is 0.291. The number of amides is 2. The van der Waals surface area contributed by atoms with Crippen LogP contribution in [0.1, 0.15) is 20.3 Å². The Labute approximate surface area is 221 Å². The first kappa shape index (κ1) is 26.6. The largest absolute Gasteiger partial charge is 0.479 e. The van der Waals surface area contributed by atoms with Crippen molar-refractivity contribution in [2.24, 2.45) is 11.8 Å². The van der Waals surface area contributed by atoms with Gasteiger partial charge in [-0.3, -0.25) is 14.5 Å². The van der Waals surface area contributed by atoms with E-state index in [1.54, 1.807) is 31.3 Å². The fourth-order valence-electron chi connectivity index (χ4n) is 5.77. The number of aromatic nitrogens is 3. The minimum atomic E-state index is -1.69. The van der Waals surface area contributed by atoms with Crippen LogP contribution in [0.25, 0.3) is 0 Å². The molecule has 0 spiro atoms. The number of aliphatic hydroxyl groups excluding tert-OH is 3. The van der Waals surface area contributed by atoms with Crippen molar-refractivity contribution in [3.63, 3.8) is 0 Å². The maximum atomic E-state index is 12.3. The number of carbonyl (C=O) groups is 3. The number of fused-ring (bicyclic) bond motifs is 3. The number of aliphatic carboxylic acids is 1. The number of carboxylic acid groups (broad SMARTS) is 1. The molecule has 5 N–H and O–H groups in total. The van der Waals surface area contributed by atoms with E-state index in [1.807, 2.05) is 16.3 Å². The van der Waals surface area contributed by atoms with Crippen molar-refractivity contribution in [2.45, 2.75) is 69.3 Å². The van der Waals surface area contributed by atoms with Gasteiger partial charge in [-0.05, 0) is 18.0 Å². The number of carboxylic acids is 1. The lowest BCUT2D eigenvalue weighted by molar-refractivity contribution is -0.758. The van der Waals surface area contributed by atoms with E-state index in [0.29, 0.717) is 5.70 Å². The monoisotopic (exact) mass is 552 g/mol. The van der Waals surface area contributed by atoms with Gasteiger partial charge >= 0.3 is 12.3 Å². The van der Waals surface area contributed by atoms with Crippen molar-refractivity contribution in [2.75, 3.05) is 6.61 Å². The average Bonchev–Trinajstić information content (AvgIpc) is 3.55. The van der Waals surface area contributed by atoms with E-state index in [-0.39, 0.29) is 47.8 Å². The van der Waals surface area contributed by atoms with E-state index in [0.717, 1.165) is 18.0 Å². The van der Waals surface area contributed by atoms with Crippen LogP contribution in [-0.4, -0.2) is 105 Å². The molecule has 0 saturated carbocycles. The van der Waals surface area contributed by atoms with Crippen molar-refractivity contribution in [3.05, 3.63) is 35.1 Å². The second kappa shape index (κ2) is 9.96. The van der Waals surface area contributed by atoms with Crippen LogP contribution in [0.2, 0.25) is 0 Å². The van der Waals surface area contributed by atoms with Crippen LogP contribution in [-0.2, 0) is 32.2 Å². The van der Waals surface area contributed by atoms with Gasteiger partial charge in [0.1, 0.15) is 12.3 Å². The second-order valence-corrected chi connectivity index (χ2v) is 11.2. The summed E-state index contributed by atoms with van der Waals surface area (Å²) in [6.45, 7) is 4.87. The Kier molecular flexibility index (Phi) is 6.98. The number of nitrogens with zero attached hydrogens (tertiary/aromatic N) is 5. The summed E-state index contributed by atoms with van der Waals surface area (Å²) >= 11 is 1.60. The van der Waals surface area contributed by atoms with Crippen LogP contribution >= 0.6 is 11.8 Å². The summed E-state index contributed by atoms with van der Waals surface area (Å²) < 4.78 is 9.21. The molecule has 0 radical (unpaired) electrons. The standard InChI is InChI=1S/C15H21N4O4S.C8H9NO5/c1-7-11-10(8(2)20)14(21)19(11)12(15(22)23)13(7)24-9-3-17-5-16-6-18(17)4-9;10-2-1-4-7(8(12)13)9-5(11)3-6(9)14-4/h5-11,15,20,22-23H,3-4H2,1-2H3;1,6-7,10H,2-3H2,(H,12,13)/q+1;/t7-,8?,10-,11-;/m1./s1. The van der Waals surface area contributed by atoms with Gasteiger partial charge in [0, 0.05) is 10.8 Å². The Bertz CT molecular complexity index is 1190. The van der Waals surface area contributed by atoms with Gasteiger partial charge in [0.15, 0.2) is 18.6 Å². The fraction of sp³-hybridized carbons (Fsp3) is 0.609. The van der Waals surface area contributed by atoms with Gasteiger partial charge in [0.05, 0.1) is 48.6 Å². The van der Waals surface area contributed by atoms with Crippen LogP contribution < -0.4 is 4.68 Å². The lowest BCUT2D eigenvalue weighted by Crippen LogP contribution is -2.63. The third-order valence-electron chi connectivity index (χ3n) is 7.49. The molecule has 15 heteroatoms. The number of aliphatic hydroxyl groups is 4. The van der Waals surface area contributed by atoms with Gasteiger partial charge in [0.2, 0.25) is 18.1 Å². The first-order valence-corrected chi connectivity index (χ1v) is 13.1. The number of carbonyl (C=O) groups excluding carboxylic acids is 2. The van der Waals surface area contributed by atoms with Gasteiger partial charge in [-0.25, -0.2) is 4.79 Å². The predicted molar refractivity (Wildman–Crippen MR) is 127 cm³/mol. The van der Waals surface area contributed by atoms with Crippen LogP contribution in [0.3, 0.4) is 0 Å². The molecule has 1 aromatic rings. The molecule has 0 aromatic carbocycles. The number of hydrogen-bond acceptors (Lipinski definition) is 10. The second-order valence-electron chi connectivity index (χ2n) is 9.85. The first-order valence-electron chi connectivity index (χ1n) is 12.2. The van der Waals surface area contributed by atoms with Crippen molar-refractivity contribution in [3.8, 4) is 0 Å². The Morgan fingerprint density at radius 1 is 1.34 bits per heavy atom. The maximum Gasteiger partial charge on any atom is 0.334 e. The van der Waals surface area contributed by atoms with Gasteiger partial charge in [-0.1, -0.05) is 6.92 Å². The highest BCUT2D eigenvalue weighted by atomic mass is 32.2. The van der Waals surface area contributed by atoms with Crippen LogP contribution in [0, 0.1) is 11.8 Å². The Hall–Kier alpha value is -2.98. The highest BCUT2D eigenvalue weighted by Crippen LogP contribution is 2.52. The highest BCUT2D eigenvalue weighted by Gasteiger charge is 2.60. The molecule has 3 fully saturated rings. The quantitative estimate of drug-likeness (QED) is 0.143. The molecule has 0 bridgehead atoms. The third-order valence-corrected chi connectivity index (χ3v) is 8.96. The Balaban J connectivity index is 0.000000179. The number of β-lactam (4-membered cyclic amide) rings is 2. The van der Waals surface area contributed by atoms with Crippen molar-refractivity contribution in [1.29, 1.82) is 0 Å². The molecule has 3 unspecified atom stereocenters. The van der Waals surface area contributed by atoms with E-state index in [9.17, 15) is 29.7 Å².